The van der Waals surface area contributed by atoms with E-state index < -0.39 is 0 Å². The number of benzene rings is 1. The fourth-order valence-electron chi connectivity index (χ4n) is 2.17. The number of likely N-dealkylation sites (N-methyl/N-ethyl adjacent to an activating group) is 1. The van der Waals surface area contributed by atoms with Crippen LogP contribution in [0, 0.1) is 0 Å². The van der Waals surface area contributed by atoms with Crippen LogP contribution in [-0.2, 0) is 0 Å². The Hall–Kier alpha value is -0.730. The number of nitrogens with one attached hydrogen (secondary N) is 1. The van der Waals surface area contributed by atoms with Gasteiger partial charge >= 0.3 is 0 Å². The number of hydrogen-bond donors (Lipinski definition) is 1. The third kappa shape index (κ3) is 1.84. The van der Waals surface area contributed by atoms with Crippen LogP contribution >= 0.6 is 11.6 Å². The van der Waals surface area contributed by atoms with Gasteiger partial charge in [0.25, 0.3) is 0 Å². The summed E-state index contributed by atoms with van der Waals surface area (Å²) < 4.78 is 5.89. The second-order valence-corrected chi connectivity index (χ2v) is 4.28. The Morgan fingerprint density at radius 3 is 2.93 bits per heavy atom. The van der Waals surface area contributed by atoms with Crippen molar-refractivity contribution < 1.29 is 4.74 Å². The smallest absolute Gasteiger partial charge is 0.143 e. The zero-order chi connectivity index (χ0) is 10.8. The predicted octanol–water partition coefficient (Wildman–Crippen LogP) is 3.16. The zero-order valence-electron chi connectivity index (χ0n) is 9.09. The van der Waals surface area contributed by atoms with E-state index >= 15 is 0 Å². The van der Waals surface area contributed by atoms with Gasteiger partial charge in [0.2, 0.25) is 0 Å². The monoisotopic (exact) mass is 225 g/mol. The summed E-state index contributed by atoms with van der Waals surface area (Å²) in [7, 11) is 1.96. The lowest BCUT2D eigenvalue weighted by Gasteiger charge is -2.17. The molecule has 0 aliphatic carbocycles. The third-order valence-corrected chi connectivity index (χ3v) is 3.16. The molecule has 3 heteroatoms. The lowest BCUT2D eigenvalue weighted by atomic mass is 10.0. The van der Waals surface area contributed by atoms with Crippen LogP contribution in [0.3, 0.4) is 0 Å². The molecule has 2 atom stereocenters. The summed E-state index contributed by atoms with van der Waals surface area (Å²) in [6, 6.07) is 6.21. The van der Waals surface area contributed by atoms with Crippen molar-refractivity contribution in [2.75, 3.05) is 7.05 Å². The SMILES string of the molecule is CCCC1Oc2c(Cl)cccc2C1NC. The Bertz CT molecular complexity index is 353. The van der Waals surface area contributed by atoms with E-state index in [-0.39, 0.29) is 12.1 Å². The lowest BCUT2D eigenvalue weighted by molar-refractivity contribution is 0.182. The van der Waals surface area contributed by atoms with Crippen molar-refractivity contribution in [3.63, 3.8) is 0 Å². The summed E-state index contributed by atoms with van der Waals surface area (Å²) in [6.45, 7) is 2.17. The molecule has 0 saturated heterocycles. The highest BCUT2D eigenvalue weighted by Crippen LogP contribution is 2.42. The summed E-state index contributed by atoms with van der Waals surface area (Å²) in [5, 5.41) is 4.01. The van der Waals surface area contributed by atoms with Gasteiger partial charge in [0.15, 0.2) is 0 Å². The fourth-order valence-corrected chi connectivity index (χ4v) is 2.39. The van der Waals surface area contributed by atoms with Gasteiger partial charge < -0.3 is 10.1 Å². The minimum atomic E-state index is 0.217. The number of fused-ring (bicyclic) bond motifs is 1. The lowest BCUT2D eigenvalue weighted by Crippen LogP contribution is -2.28. The zero-order valence-corrected chi connectivity index (χ0v) is 9.84. The van der Waals surface area contributed by atoms with Gasteiger partial charge in [0.05, 0.1) is 11.1 Å². The summed E-state index contributed by atoms with van der Waals surface area (Å²) in [5.41, 5.74) is 1.18. The first-order valence-electron chi connectivity index (χ1n) is 5.40. The van der Waals surface area contributed by atoms with E-state index in [1.807, 2.05) is 19.2 Å². The standard InChI is InChI=1S/C12H16ClNO/c1-3-5-10-11(14-2)8-6-4-7-9(13)12(8)15-10/h4,6-7,10-11,14H,3,5H2,1-2H3. The van der Waals surface area contributed by atoms with E-state index in [9.17, 15) is 0 Å². The van der Waals surface area contributed by atoms with Crippen LogP contribution in [0.15, 0.2) is 18.2 Å². The molecule has 1 aliphatic heterocycles. The molecule has 2 rings (SSSR count). The summed E-state index contributed by atoms with van der Waals surface area (Å²) in [4.78, 5) is 0. The van der Waals surface area contributed by atoms with Crippen LogP contribution < -0.4 is 10.1 Å². The van der Waals surface area contributed by atoms with E-state index in [0.29, 0.717) is 5.02 Å². The molecule has 0 aromatic heterocycles. The van der Waals surface area contributed by atoms with Gasteiger partial charge in [-0.05, 0) is 19.5 Å². The van der Waals surface area contributed by atoms with Crippen molar-refractivity contribution in [3.8, 4) is 5.75 Å². The largest absolute Gasteiger partial charge is 0.487 e. The van der Waals surface area contributed by atoms with Gasteiger partial charge in [0, 0.05) is 5.56 Å². The molecule has 1 heterocycles. The first kappa shape index (κ1) is 10.8. The van der Waals surface area contributed by atoms with E-state index in [0.717, 1.165) is 18.6 Å². The van der Waals surface area contributed by atoms with Crippen LogP contribution in [0.5, 0.6) is 5.75 Å². The van der Waals surface area contributed by atoms with Crippen LogP contribution in [0.25, 0.3) is 0 Å². The average molecular weight is 226 g/mol. The normalized spacial score (nSPS) is 23.7. The molecule has 0 radical (unpaired) electrons. The van der Waals surface area contributed by atoms with Crippen molar-refractivity contribution in [1.82, 2.24) is 5.32 Å². The van der Waals surface area contributed by atoms with E-state index in [2.05, 4.69) is 18.3 Å². The summed E-state index contributed by atoms with van der Waals surface area (Å²) in [5.74, 6) is 0.858. The van der Waals surface area contributed by atoms with Crippen molar-refractivity contribution >= 4 is 11.6 Å². The van der Waals surface area contributed by atoms with Gasteiger partial charge in [-0.1, -0.05) is 37.1 Å². The van der Waals surface area contributed by atoms with Crippen molar-refractivity contribution in [2.24, 2.45) is 0 Å². The van der Waals surface area contributed by atoms with E-state index in [4.69, 9.17) is 16.3 Å². The highest BCUT2D eigenvalue weighted by molar-refractivity contribution is 6.32. The number of rotatable bonds is 3. The van der Waals surface area contributed by atoms with Gasteiger partial charge in [-0.15, -0.1) is 0 Å². The molecule has 15 heavy (non-hydrogen) atoms. The van der Waals surface area contributed by atoms with Gasteiger partial charge in [-0.25, -0.2) is 0 Å². The molecule has 1 aromatic rings. The van der Waals surface area contributed by atoms with Gasteiger partial charge in [0.1, 0.15) is 11.9 Å². The third-order valence-electron chi connectivity index (χ3n) is 2.86. The van der Waals surface area contributed by atoms with Crippen LogP contribution in [-0.4, -0.2) is 13.2 Å². The van der Waals surface area contributed by atoms with Gasteiger partial charge in [-0.2, -0.15) is 0 Å². The first-order valence-corrected chi connectivity index (χ1v) is 5.78. The average Bonchev–Trinajstić information content (AvgIpc) is 2.58. The highest BCUT2D eigenvalue weighted by Gasteiger charge is 2.33. The molecule has 2 unspecified atom stereocenters. The Morgan fingerprint density at radius 2 is 2.27 bits per heavy atom. The second-order valence-electron chi connectivity index (χ2n) is 3.87. The predicted molar refractivity (Wildman–Crippen MR) is 62.6 cm³/mol. The van der Waals surface area contributed by atoms with E-state index in [1.54, 1.807) is 0 Å². The van der Waals surface area contributed by atoms with Crippen molar-refractivity contribution in [1.29, 1.82) is 0 Å². The maximum absolute atomic E-state index is 6.10. The Labute approximate surface area is 95.6 Å². The number of para-hydroxylation sites is 1. The Kier molecular flexibility index (Phi) is 3.17. The topological polar surface area (TPSA) is 21.3 Å². The number of hydrogen-bond acceptors (Lipinski definition) is 2. The quantitative estimate of drug-likeness (QED) is 0.853. The maximum atomic E-state index is 6.10. The van der Waals surface area contributed by atoms with Crippen LogP contribution in [0.4, 0.5) is 0 Å². The second kappa shape index (κ2) is 4.42. The van der Waals surface area contributed by atoms with Gasteiger partial charge in [-0.3, -0.25) is 0 Å². The molecular weight excluding hydrogens is 210 g/mol. The summed E-state index contributed by atoms with van der Waals surface area (Å²) >= 11 is 6.10. The Morgan fingerprint density at radius 1 is 1.47 bits per heavy atom. The molecule has 0 saturated carbocycles. The van der Waals surface area contributed by atoms with Crippen molar-refractivity contribution in [3.05, 3.63) is 28.8 Å². The molecule has 0 fully saturated rings. The molecule has 2 nitrogen and oxygen atoms in total. The minimum Gasteiger partial charge on any atom is -0.487 e. The summed E-state index contributed by atoms with van der Waals surface area (Å²) in [6.07, 6.45) is 2.39. The molecule has 0 spiro atoms. The molecule has 0 amide bonds. The number of halogens is 1. The molecular formula is C12H16ClNO. The fraction of sp³-hybridized carbons (Fsp3) is 0.500. The molecule has 1 aromatic carbocycles. The van der Waals surface area contributed by atoms with Crippen molar-refractivity contribution in [2.45, 2.75) is 31.9 Å². The minimum absolute atomic E-state index is 0.217. The molecule has 82 valence electrons. The maximum Gasteiger partial charge on any atom is 0.143 e. The molecule has 0 bridgehead atoms. The highest BCUT2D eigenvalue weighted by atomic mass is 35.5. The molecule has 1 aliphatic rings. The van der Waals surface area contributed by atoms with Crippen LogP contribution in [0.1, 0.15) is 31.4 Å². The first-order chi connectivity index (χ1) is 7.27. The van der Waals surface area contributed by atoms with Crippen LogP contribution in [0.2, 0.25) is 5.02 Å². The Balaban J connectivity index is 2.32. The van der Waals surface area contributed by atoms with E-state index in [1.165, 1.54) is 5.56 Å². The number of ether oxygens (including phenoxy) is 1. The molecule has 1 N–H and O–H groups in total.